The molecule has 0 atom stereocenters. The molecular formula is C33H27ClN2O6. The second kappa shape index (κ2) is 12.6. The van der Waals surface area contributed by atoms with Crippen LogP contribution >= 0.6 is 11.6 Å². The molecule has 0 bridgehead atoms. The number of nitrogens with zero attached hydrogens (tertiary/aromatic N) is 1. The maximum atomic E-state index is 13.2. The van der Waals surface area contributed by atoms with E-state index in [1.54, 1.807) is 50.4 Å². The number of hydrogen-bond acceptors (Lipinski definition) is 6. The molecule has 0 spiro atoms. The second-order valence-electron chi connectivity index (χ2n) is 9.51. The molecule has 0 unspecified atom stereocenters. The average Bonchev–Trinajstić information content (AvgIpc) is 3.00. The molecule has 1 saturated heterocycles. The van der Waals surface area contributed by atoms with Crippen molar-refractivity contribution < 1.29 is 28.6 Å². The summed E-state index contributed by atoms with van der Waals surface area (Å²) in [5.74, 6) is 0.316. The van der Waals surface area contributed by atoms with E-state index in [2.05, 4.69) is 5.32 Å². The molecule has 0 radical (unpaired) electrons. The number of halogens is 1. The minimum absolute atomic E-state index is 0.177. The molecule has 1 heterocycles. The fourth-order valence-electron chi connectivity index (χ4n) is 4.35. The topological polar surface area (TPSA) is 94.2 Å². The minimum Gasteiger partial charge on any atom is -0.493 e. The van der Waals surface area contributed by atoms with Gasteiger partial charge >= 0.3 is 6.03 Å². The molecule has 212 valence electrons. The number of methoxy groups -OCH3 is 1. The summed E-state index contributed by atoms with van der Waals surface area (Å²) >= 11 is 6.09. The average molecular weight is 583 g/mol. The Morgan fingerprint density at radius 3 is 2.29 bits per heavy atom. The van der Waals surface area contributed by atoms with Crippen molar-refractivity contribution in [3.8, 4) is 17.2 Å². The first-order chi connectivity index (χ1) is 20.3. The first kappa shape index (κ1) is 28.4. The summed E-state index contributed by atoms with van der Waals surface area (Å²) in [5.41, 5.74) is 3.31. The Morgan fingerprint density at radius 1 is 0.810 bits per heavy atom. The molecule has 8 nitrogen and oxygen atoms in total. The molecule has 4 amide bonds. The van der Waals surface area contributed by atoms with Crippen LogP contribution < -0.4 is 24.4 Å². The third kappa shape index (κ3) is 6.45. The fourth-order valence-corrected chi connectivity index (χ4v) is 4.52. The monoisotopic (exact) mass is 582 g/mol. The van der Waals surface area contributed by atoms with Crippen LogP contribution in [-0.4, -0.2) is 25.0 Å². The van der Waals surface area contributed by atoms with E-state index in [4.69, 9.17) is 25.8 Å². The largest absolute Gasteiger partial charge is 0.493 e. The number of benzene rings is 4. The standard InChI is InChI=1S/C33H27ClN2O6/c1-21-8-12-25(34)18-28(21)36-32(38)27(31(37)35-33(36)39)16-22-9-13-26(14-10-22)41-20-24-11-15-29(30(17-24)40-2)42-19-23-6-4-3-5-7-23/h3-18H,19-20H2,1-2H3,(H,35,37,39)/b27-16+. The van der Waals surface area contributed by atoms with E-state index in [0.29, 0.717) is 45.7 Å². The smallest absolute Gasteiger partial charge is 0.335 e. The van der Waals surface area contributed by atoms with Crippen molar-refractivity contribution in [2.75, 3.05) is 12.0 Å². The van der Waals surface area contributed by atoms with Crippen molar-refractivity contribution in [3.63, 3.8) is 0 Å². The van der Waals surface area contributed by atoms with Gasteiger partial charge in [-0.05, 0) is 71.7 Å². The number of hydrogen-bond donors (Lipinski definition) is 1. The molecular weight excluding hydrogens is 556 g/mol. The van der Waals surface area contributed by atoms with Gasteiger partial charge < -0.3 is 14.2 Å². The van der Waals surface area contributed by atoms with Crippen LogP contribution in [0.2, 0.25) is 5.02 Å². The summed E-state index contributed by atoms with van der Waals surface area (Å²) < 4.78 is 17.4. The third-order valence-corrected chi connectivity index (χ3v) is 6.81. The summed E-state index contributed by atoms with van der Waals surface area (Å²) in [6.45, 7) is 2.46. The van der Waals surface area contributed by atoms with Gasteiger partial charge in [-0.1, -0.05) is 66.2 Å². The van der Waals surface area contributed by atoms with Gasteiger partial charge in [0.1, 0.15) is 24.5 Å². The lowest BCUT2D eigenvalue weighted by atomic mass is 10.1. The fraction of sp³-hybridized carbons (Fsp3) is 0.121. The number of aryl methyl sites for hydroxylation is 1. The van der Waals surface area contributed by atoms with Gasteiger partial charge in [0.05, 0.1) is 12.8 Å². The molecule has 4 aromatic rings. The zero-order chi connectivity index (χ0) is 29.6. The molecule has 42 heavy (non-hydrogen) atoms. The van der Waals surface area contributed by atoms with Crippen LogP contribution in [0.5, 0.6) is 17.2 Å². The van der Waals surface area contributed by atoms with Gasteiger partial charge in [0.15, 0.2) is 11.5 Å². The summed E-state index contributed by atoms with van der Waals surface area (Å²) in [5, 5.41) is 2.59. The highest BCUT2D eigenvalue weighted by molar-refractivity contribution is 6.39. The normalized spacial score (nSPS) is 14.1. The lowest BCUT2D eigenvalue weighted by Crippen LogP contribution is -2.54. The van der Waals surface area contributed by atoms with Crippen LogP contribution in [0, 0.1) is 6.92 Å². The highest BCUT2D eigenvalue weighted by Gasteiger charge is 2.37. The van der Waals surface area contributed by atoms with Crippen LogP contribution in [0.4, 0.5) is 10.5 Å². The number of barbiturate groups is 1. The highest BCUT2D eigenvalue weighted by Crippen LogP contribution is 2.30. The number of ether oxygens (including phenoxy) is 3. The van der Waals surface area contributed by atoms with Gasteiger partial charge in [-0.3, -0.25) is 14.9 Å². The number of amides is 4. The Kier molecular flexibility index (Phi) is 8.55. The number of carbonyl (C=O) groups is 3. The van der Waals surface area contributed by atoms with Crippen LogP contribution in [0.15, 0.2) is 96.6 Å². The van der Waals surface area contributed by atoms with Gasteiger partial charge in [0.2, 0.25) is 0 Å². The van der Waals surface area contributed by atoms with Gasteiger partial charge in [-0.2, -0.15) is 0 Å². The Balaban J connectivity index is 1.25. The molecule has 0 aliphatic carbocycles. The molecule has 1 fully saturated rings. The highest BCUT2D eigenvalue weighted by atomic mass is 35.5. The molecule has 4 aromatic carbocycles. The van der Waals surface area contributed by atoms with Crippen molar-refractivity contribution in [2.45, 2.75) is 20.1 Å². The summed E-state index contributed by atoms with van der Waals surface area (Å²) in [6, 6.07) is 26.4. The number of rotatable bonds is 9. The first-order valence-electron chi connectivity index (χ1n) is 13.1. The molecule has 5 rings (SSSR count). The third-order valence-electron chi connectivity index (χ3n) is 6.58. The number of anilines is 1. The van der Waals surface area contributed by atoms with E-state index >= 15 is 0 Å². The van der Waals surface area contributed by atoms with Crippen molar-refractivity contribution in [1.29, 1.82) is 0 Å². The Hall–Kier alpha value is -5.08. The molecule has 9 heteroatoms. The quantitative estimate of drug-likeness (QED) is 0.179. The van der Waals surface area contributed by atoms with E-state index in [1.807, 2.05) is 48.5 Å². The van der Waals surface area contributed by atoms with E-state index in [0.717, 1.165) is 16.0 Å². The van der Waals surface area contributed by atoms with Crippen LogP contribution in [0.25, 0.3) is 6.08 Å². The molecule has 1 aliphatic heterocycles. The molecule has 1 N–H and O–H groups in total. The van der Waals surface area contributed by atoms with Gasteiger partial charge in [0.25, 0.3) is 11.8 Å². The summed E-state index contributed by atoms with van der Waals surface area (Å²) in [4.78, 5) is 39.2. The van der Waals surface area contributed by atoms with Crippen molar-refractivity contribution >= 4 is 41.2 Å². The number of imide groups is 2. The van der Waals surface area contributed by atoms with Crippen LogP contribution in [0.1, 0.15) is 22.3 Å². The molecule has 0 saturated carbocycles. The Labute approximate surface area is 248 Å². The molecule has 0 aromatic heterocycles. The van der Waals surface area contributed by atoms with Crippen LogP contribution in [0.3, 0.4) is 0 Å². The van der Waals surface area contributed by atoms with Gasteiger partial charge in [0, 0.05) is 5.02 Å². The van der Waals surface area contributed by atoms with E-state index in [9.17, 15) is 14.4 Å². The van der Waals surface area contributed by atoms with Crippen LogP contribution in [-0.2, 0) is 22.8 Å². The number of nitrogens with one attached hydrogen (secondary N) is 1. The predicted octanol–water partition coefficient (Wildman–Crippen LogP) is 6.48. The lowest BCUT2D eigenvalue weighted by Gasteiger charge is -2.27. The first-order valence-corrected chi connectivity index (χ1v) is 13.4. The maximum Gasteiger partial charge on any atom is 0.335 e. The zero-order valence-electron chi connectivity index (χ0n) is 22.9. The van der Waals surface area contributed by atoms with Crippen molar-refractivity contribution in [3.05, 3.63) is 124 Å². The van der Waals surface area contributed by atoms with Gasteiger partial charge in [-0.25, -0.2) is 9.69 Å². The van der Waals surface area contributed by atoms with E-state index in [1.165, 1.54) is 12.1 Å². The number of urea groups is 1. The Bertz CT molecular complexity index is 1670. The van der Waals surface area contributed by atoms with Crippen molar-refractivity contribution in [2.24, 2.45) is 0 Å². The van der Waals surface area contributed by atoms with Gasteiger partial charge in [-0.15, -0.1) is 0 Å². The maximum absolute atomic E-state index is 13.2. The van der Waals surface area contributed by atoms with Crippen molar-refractivity contribution in [1.82, 2.24) is 5.32 Å². The minimum atomic E-state index is -0.830. The Morgan fingerprint density at radius 2 is 1.55 bits per heavy atom. The summed E-state index contributed by atoms with van der Waals surface area (Å²) in [7, 11) is 1.59. The zero-order valence-corrected chi connectivity index (χ0v) is 23.7. The SMILES string of the molecule is COc1cc(COc2ccc(/C=C3\C(=O)NC(=O)N(c4cc(Cl)ccc4C)C3=O)cc2)ccc1OCc1ccccc1. The lowest BCUT2D eigenvalue weighted by molar-refractivity contribution is -0.122. The van der Waals surface area contributed by atoms with E-state index < -0.39 is 17.8 Å². The number of carbonyl (C=O) groups excluding carboxylic acids is 3. The second-order valence-corrected chi connectivity index (χ2v) is 9.94. The van der Waals surface area contributed by atoms with E-state index in [-0.39, 0.29) is 12.2 Å². The summed E-state index contributed by atoms with van der Waals surface area (Å²) in [6.07, 6.45) is 1.43. The predicted molar refractivity (Wildman–Crippen MR) is 160 cm³/mol. The molecule has 1 aliphatic rings.